The fourth-order valence-electron chi connectivity index (χ4n) is 5.12. The van der Waals surface area contributed by atoms with Gasteiger partial charge in [0.15, 0.2) is 0 Å². The first kappa shape index (κ1) is 31.0. The van der Waals surface area contributed by atoms with E-state index in [9.17, 15) is 14.4 Å². The lowest BCUT2D eigenvalue weighted by Gasteiger charge is -2.52. The summed E-state index contributed by atoms with van der Waals surface area (Å²) in [7, 11) is 38.2. The van der Waals surface area contributed by atoms with E-state index >= 15 is 4.39 Å². The third kappa shape index (κ3) is 5.75. The lowest BCUT2D eigenvalue weighted by atomic mass is 9.28. The topological polar surface area (TPSA) is 91.0 Å². The summed E-state index contributed by atoms with van der Waals surface area (Å²) in [5.41, 5.74) is 1.64. The summed E-state index contributed by atoms with van der Waals surface area (Å²) in [5, 5.41) is -1.71. The van der Waals surface area contributed by atoms with E-state index in [1.165, 1.54) is 19.2 Å². The summed E-state index contributed by atoms with van der Waals surface area (Å²) < 4.78 is 20.4. The van der Waals surface area contributed by atoms with Crippen molar-refractivity contribution < 1.29 is 23.5 Å². The number of anilines is 1. The lowest BCUT2D eigenvalue weighted by molar-refractivity contribution is -0.126. The summed E-state index contributed by atoms with van der Waals surface area (Å²) in [4.78, 5) is 41.2. The van der Waals surface area contributed by atoms with Crippen LogP contribution in [0.3, 0.4) is 0 Å². The van der Waals surface area contributed by atoms with E-state index in [-0.39, 0.29) is 24.0 Å². The molecule has 0 aromatic heterocycles. The first-order valence-corrected chi connectivity index (χ1v) is 13.0. The van der Waals surface area contributed by atoms with Crippen molar-refractivity contribution in [1.82, 2.24) is 15.1 Å². The fourth-order valence-corrected chi connectivity index (χ4v) is 5.12. The van der Waals surface area contributed by atoms with Gasteiger partial charge >= 0.3 is 0 Å². The first-order valence-electron chi connectivity index (χ1n) is 13.0. The Labute approximate surface area is 247 Å². The second-order valence-corrected chi connectivity index (χ2v) is 10.4. The number of benzene rings is 2. The van der Waals surface area contributed by atoms with Crippen molar-refractivity contribution in [3.63, 3.8) is 0 Å². The first-order chi connectivity index (χ1) is 19.3. The summed E-state index contributed by atoms with van der Waals surface area (Å²) in [6.07, 6.45) is 0.0686. The number of rotatable bonds is 10. The fraction of sp³-hybridized carbons (Fsp3) is 0.423. The lowest BCUT2D eigenvalue weighted by Crippen LogP contribution is -2.63. The van der Waals surface area contributed by atoms with Gasteiger partial charge in [-0.1, -0.05) is 28.6 Å². The molecule has 1 fully saturated rings. The summed E-state index contributed by atoms with van der Waals surface area (Å²) in [5.74, 6) is -2.12. The number of likely N-dealkylation sites (N-methyl/N-ethyl adjacent to an activating group) is 1. The average molecular weight is 541 g/mol. The molecule has 2 amide bonds. The van der Waals surface area contributed by atoms with E-state index in [1.807, 2.05) is 6.07 Å². The molecule has 2 heterocycles. The second-order valence-electron chi connectivity index (χ2n) is 10.4. The van der Waals surface area contributed by atoms with Gasteiger partial charge in [-0.2, -0.15) is 0 Å². The molecule has 0 spiro atoms. The van der Waals surface area contributed by atoms with Gasteiger partial charge in [0.05, 0.1) is 60.3 Å². The highest BCUT2D eigenvalue weighted by atomic mass is 19.1. The molecule has 1 atom stereocenters. The molecule has 2 N–H and O–H groups in total. The van der Waals surface area contributed by atoms with E-state index < -0.39 is 39.4 Å². The van der Waals surface area contributed by atoms with Crippen LogP contribution in [-0.4, -0.2) is 114 Å². The minimum Gasteiger partial charge on any atom is -0.381 e. The quantitative estimate of drug-likeness (QED) is 0.309. The van der Waals surface area contributed by atoms with Crippen molar-refractivity contribution in [2.45, 2.75) is 34.9 Å². The maximum atomic E-state index is 15.0. The number of morpholine rings is 1. The smallest absolute Gasteiger partial charge is 0.254 e. The van der Waals surface area contributed by atoms with Crippen LogP contribution in [0.15, 0.2) is 36.4 Å². The minimum atomic E-state index is -2.50. The normalized spacial score (nSPS) is 18.0. The van der Waals surface area contributed by atoms with Gasteiger partial charge in [-0.25, -0.2) is 4.39 Å². The van der Waals surface area contributed by atoms with Gasteiger partial charge in [-0.05, 0) is 34.7 Å². The highest BCUT2D eigenvalue weighted by molar-refractivity contribution is 6.60. The predicted octanol–water partition coefficient (Wildman–Crippen LogP) is -0.607. The molecule has 2 aliphatic rings. The van der Waals surface area contributed by atoms with Gasteiger partial charge in [0, 0.05) is 50.0 Å². The molecule has 15 heteroatoms. The van der Waals surface area contributed by atoms with Crippen LogP contribution in [0.25, 0.3) is 0 Å². The zero-order chi connectivity index (χ0) is 30.2. The Morgan fingerprint density at radius 3 is 2.46 bits per heavy atom. The van der Waals surface area contributed by atoms with Crippen LogP contribution in [0.2, 0.25) is 10.4 Å². The van der Waals surface area contributed by atoms with Crippen molar-refractivity contribution in [3.05, 3.63) is 64.5 Å². The summed E-state index contributed by atoms with van der Waals surface area (Å²) in [6.45, 7) is 3.49. The molecule has 2 aromatic rings. The number of carbonyl (C=O) groups is 3. The minimum absolute atomic E-state index is 0.0286. The maximum absolute atomic E-state index is 15.0. The van der Waals surface area contributed by atoms with Gasteiger partial charge in [0.1, 0.15) is 18.1 Å². The third-order valence-electron chi connectivity index (χ3n) is 7.56. The van der Waals surface area contributed by atoms with Crippen LogP contribution in [0.4, 0.5) is 10.1 Å². The highest BCUT2D eigenvalue weighted by Gasteiger charge is 2.55. The van der Waals surface area contributed by atoms with Gasteiger partial charge in [0.2, 0.25) is 5.91 Å². The van der Waals surface area contributed by atoms with Gasteiger partial charge in [0.25, 0.3) is 5.91 Å². The van der Waals surface area contributed by atoms with Crippen molar-refractivity contribution in [2.75, 3.05) is 38.7 Å². The molecule has 0 bridgehead atoms. The van der Waals surface area contributed by atoms with E-state index in [1.54, 1.807) is 18.2 Å². The number of ether oxygens (including phenoxy) is 1. The molecule has 0 aliphatic carbocycles. The molecule has 12 radical (unpaired) electrons. The number of fused-ring (bicyclic) bond motifs is 1. The largest absolute Gasteiger partial charge is 0.381 e. The van der Waals surface area contributed by atoms with E-state index in [0.29, 0.717) is 31.0 Å². The summed E-state index contributed by atoms with van der Waals surface area (Å²) in [6, 6.07) is 7.76. The van der Waals surface area contributed by atoms with Gasteiger partial charge < -0.3 is 25.1 Å². The Hall–Kier alpha value is -2.91. The van der Waals surface area contributed by atoms with Crippen molar-refractivity contribution in [2.24, 2.45) is 0 Å². The predicted molar refractivity (Wildman–Crippen MR) is 158 cm³/mol. The molecule has 2 aliphatic heterocycles. The van der Waals surface area contributed by atoms with Crippen LogP contribution in [0.5, 0.6) is 0 Å². The number of hydrogen-bond acceptors (Lipinski definition) is 6. The Balaban J connectivity index is 1.62. The number of carbonyl (C=O) groups excluding carboxylic acids is 3. The standard InChI is InChI=1S/C26H25B6FN4O4/c1-34-22(39)21(25(29,30)24(27,28)14-38)37-23(40)17-3-2-4-19(20(17)26(37,31)32)35-12-16-6-5-15(11-18(16)33)13-36-7-9-41-10-8-36/h2-6,11,14,21,35H,7-10,12-13H2,1H3,(H,34,39). The number of halogens is 1. The Kier molecular flexibility index (Phi) is 8.90. The van der Waals surface area contributed by atoms with Crippen LogP contribution in [0, 0.1) is 5.82 Å². The molecule has 4 rings (SSSR count). The molecule has 8 nitrogen and oxygen atoms in total. The number of amides is 2. The highest BCUT2D eigenvalue weighted by Crippen LogP contribution is 2.50. The van der Waals surface area contributed by atoms with Crippen LogP contribution in [-0.2, 0) is 32.8 Å². The SMILES string of the molecule is [B]C1([B])c2c(NCc3ccc(CN4CCOCC4)cc3F)cccc2C(=O)N1C(C(=O)NC)C([B])([B])C([B])([B])C=O. The number of nitrogens with zero attached hydrogens (tertiary/aromatic N) is 2. The molecule has 0 saturated carbocycles. The van der Waals surface area contributed by atoms with E-state index in [0.717, 1.165) is 23.6 Å². The molecule has 1 saturated heterocycles. The van der Waals surface area contributed by atoms with E-state index in [2.05, 4.69) is 15.5 Å². The molecule has 2 aromatic carbocycles. The molecular weight excluding hydrogens is 516 g/mol. The van der Waals surface area contributed by atoms with Crippen LogP contribution >= 0.6 is 0 Å². The zero-order valence-electron chi connectivity index (χ0n) is 22.7. The second kappa shape index (κ2) is 11.8. The molecule has 41 heavy (non-hydrogen) atoms. The Morgan fingerprint density at radius 2 is 1.85 bits per heavy atom. The van der Waals surface area contributed by atoms with Gasteiger partial charge in [-0.3, -0.25) is 14.5 Å². The van der Waals surface area contributed by atoms with Crippen LogP contribution in [0.1, 0.15) is 27.0 Å². The average Bonchev–Trinajstić information content (AvgIpc) is 3.14. The van der Waals surface area contributed by atoms with E-state index in [4.69, 9.17) is 51.8 Å². The van der Waals surface area contributed by atoms with Crippen molar-refractivity contribution in [3.8, 4) is 0 Å². The Morgan fingerprint density at radius 1 is 1.17 bits per heavy atom. The van der Waals surface area contributed by atoms with Gasteiger partial charge in [-0.15, -0.1) is 0 Å². The van der Waals surface area contributed by atoms with Crippen molar-refractivity contribution in [1.29, 1.82) is 0 Å². The monoisotopic (exact) mass is 542 g/mol. The number of aldehydes is 1. The maximum Gasteiger partial charge on any atom is 0.254 e. The number of nitrogens with one attached hydrogen (secondary N) is 2. The van der Waals surface area contributed by atoms with Crippen molar-refractivity contribution >= 4 is 70.9 Å². The van der Waals surface area contributed by atoms with Crippen LogP contribution < -0.4 is 10.6 Å². The zero-order valence-corrected chi connectivity index (χ0v) is 22.7. The molecular formula is C26H25B6FN4O4. The number of hydrogen-bond donors (Lipinski definition) is 2. The molecule has 1 unspecified atom stereocenters. The Bertz CT molecular complexity index is 1340. The molecule has 198 valence electrons. The third-order valence-corrected chi connectivity index (χ3v) is 7.56. The summed E-state index contributed by atoms with van der Waals surface area (Å²) >= 11 is 0.